The molecule has 22 heavy (non-hydrogen) atoms. The van der Waals surface area contributed by atoms with Gasteiger partial charge in [0.15, 0.2) is 0 Å². The second-order valence-corrected chi connectivity index (χ2v) is 5.43. The van der Waals surface area contributed by atoms with E-state index >= 15 is 0 Å². The number of carbonyl (C=O) groups excluding carboxylic acids is 1. The molecule has 118 valence electrons. The lowest BCUT2D eigenvalue weighted by Crippen LogP contribution is -2.37. The van der Waals surface area contributed by atoms with Gasteiger partial charge in [-0.3, -0.25) is 4.79 Å². The van der Waals surface area contributed by atoms with Crippen molar-refractivity contribution in [1.29, 1.82) is 0 Å². The van der Waals surface area contributed by atoms with Crippen molar-refractivity contribution >= 4 is 5.91 Å². The van der Waals surface area contributed by atoms with E-state index < -0.39 is 0 Å². The zero-order chi connectivity index (χ0) is 15.9. The smallest absolute Gasteiger partial charge is 0.243 e. The third-order valence-electron chi connectivity index (χ3n) is 3.44. The first kappa shape index (κ1) is 16.1. The first-order valence-electron chi connectivity index (χ1n) is 7.36. The van der Waals surface area contributed by atoms with Crippen LogP contribution in [-0.2, 0) is 11.3 Å². The molecule has 0 saturated carbocycles. The highest BCUT2D eigenvalue weighted by atomic mass is 16.2. The molecule has 2 aromatic rings. The predicted octanol–water partition coefficient (Wildman–Crippen LogP) is 0.797. The van der Waals surface area contributed by atoms with Gasteiger partial charge in [-0.2, -0.15) is 4.80 Å². The van der Waals surface area contributed by atoms with Gasteiger partial charge in [0.1, 0.15) is 6.54 Å². The maximum Gasteiger partial charge on any atom is 0.243 e. The summed E-state index contributed by atoms with van der Waals surface area (Å²) in [5.41, 5.74) is 0.882. The first-order chi connectivity index (χ1) is 10.6. The third-order valence-corrected chi connectivity index (χ3v) is 3.44. The molecule has 0 aliphatic carbocycles. The van der Waals surface area contributed by atoms with E-state index in [1.807, 2.05) is 37.4 Å². The van der Waals surface area contributed by atoms with Crippen LogP contribution in [0, 0.1) is 0 Å². The minimum absolute atomic E-state index is 0.0746. The van der Waals surface area contributed by atoms with Crippen LogP contribution in [0.5, 0.6) is 0 Å². The van der Waals surface area contributed by atoms with Crippen LogP contribution < -0.4 is 5.32 Å². The molecule has 0 unspecified atom stereocenters. The molecule has 0 atom stereocenters. The SMILES string of the molecule is CC(C)N(C)CCNC(=O)Cn1nnc(-c2ccccc2)n1. The number of nitrogens with one attached hydrogen (secondary N) is 1. The number of tetrazole rings is 1. The number of benzene rings is 1. The van der Waals surface area contributed by atoms with Gasteiger partial charge < -0.3 is 10.2 Å². The largest absolute Gasteiger partial charge is 0.353 e. The van der Waals surface area contributed by atoms with Crippen molar-refractivity contribution in [2.45, 2.75) is 26.4 Å². The molecule has 1 aromatic heterocycles. The molecule has 0 fully saturated rings. The molecular formula is C15H22N6O. The van der Waals surface area contributed by atoms with E-state index in [4.69, 9.17) is 0 Å². The highest BCUT2D eigenvalue weighted by Gasteiger charge is 2.09. The standard InChI is InChI=1S/C15H22N6O/c1-12(2)20(3)10-9-16-14(22)11-21-18-15(17-19-21)13-7-5-4-6-8-13/h4-8,12H,9-11H2,1-3H3,(H,16,22). The fourth-order valence-electron chi connectivity index (χ4n) is 1.83. The lowest BCUT2D eigenvalue weighted by molar-refractivity contribution is -0.122. The van der Waals surface area contributed by atoms with Crippen LogP contribution in [0.4, 0.5) is 0 Å². The van der Waals surface area contributed by atoms with Crippen LogP contribution in [0.15, 0.2) is 30.3 Å². The highest BCUT2D eigenvalue weighted by Crippen LogP contribution is 2.11. The van der Waals surface area contributed by atoms with Crippen LogP contribution in [0.2, 0.25) is 0 Å². The molecule has 1 heterocycles. The average Bonchev–Trinajstić information content (AvgIpc) is 2.96. The summed E-state index contributed by atoms with van der Waals surface area (Å²) in [4.78, 5) is 15.3. The van der Waals surface area contributed by atoms with Crippen molar-refractivity contribution in [2.75, 3.05) is 20.1 Å². The van der Waals surface area contributed by atoms with Gasteiger partial charge in [-0.1, -0.05) is 30.3 Å². The van der Waals surface area contributed by atoms with Crippen LogP contribution in [-0.4, -0.2) is 57.2 Å². The summed E-state index contributed by atoms with van der Waals surface area (Å²) < 4.78 is 0. The zero-order valence-electron chi connectivity index (χ0n) is 13.2. The summed E-state index contributed by atoms with van der Waals surface area (Å²) >= 11 is 0. The normalized spacial score (nSPS) is 11.1. The van der Waals surface area contributed by atoms with Crippen LogP contribution in [0.1, 0.15) is 13.8 Å². The maximum absolute atomic E-state index is 11.9. The van der Waals surface area contributed by atoms with E-state index in [2.05, 4.69) is 39.5 Å². The molecule has 0 spiro atoms. The minimum Gasteiger partial charge on any atom is -0.353 e. The third kappa shape index (κ3) is 4.63. The van der Waals surface area contributed by atoms with Crippen molar-refractivity contribution in [2.24, 2.45) is 0 Å². The van der Waals surface area contributed by atoms with E-state index in [0.29, 0.717) is 18.4 Å². The average molecular weight is 302 g/mol. The van der Waals surface area contributed by atoms with Gasteiger partial charge in [-0.05, 0) is 26.1 Å². The number of aromatic nitrogens is 4. The topological polar surface area (TPSA) is 75.9 Å². The molecule has 0 radical (unpaired) electrons. The second-order valence-electron chi connectivity index (χ2n) is 5.43. The Balaban J connectivity index is 1.82. The molecule has 7 heteroatoms. The van der Waals surface area contributed by atoms with Crippen molar-refractivity contribution < 1.29 is 4.79 Å². The van der Waals surface area contributed by atoms with Crippen molar-refractivity contribution in [3.05, 3.63) is 30.3 Å². The van der Waals surface area contributed by atoms with Gasteiger partial charge in [0.25, 0.3) is 0 Å². The number of hydrogen-bond acceptors (Lipinski definition) is 5. The molecule has 0 saturated heterocycles. The summed E-state index contributed by atoms with van der Waals surface area (Å²) in [5, 5.41) is 14.9. The summed E-state index contributed by atoms with van der Waals surface area (Å²) in [6.45, 7) is 5.72. The Morgan fingerprint density at radius 2 is 2.05 bits per heavy atom. The molecule has 2 rings (SSSR count). The number of nitrogens with zero attached hydrogens (tertiary/aromatic N) is 5. The summed E-state index contributed by atoms with van der Waals surface area (Å²) in [5.74, 6) is 0.405. The van der Waals surface area contributed by atoms with Crippen LogP contribution in [0.3, 0.4) is 0 Å². The van der Waals surface area contributed by atoms with E-state index in [-0.39, 0.29) is 12.5 Å². The molecule has 1 amide bonds. The van der Waals surface area contributed by atoms with E-state index in [0.717, 1.165) is 12.1 Å². The molecule has 1 aromatic carbocycles. The Kier molecular flexibility index (Phi) is 5.60. The first-order valence-corrected chi connectivity index (χ1v) is 7.36. The fourth-order valence-corrected chi connectivity index (χ4v) is 1.83. The van der Waals surface area contributed by atoms with Crippen molar-refractivity contribution in [1.82, 2.24) is 30.4 Å². The van der Waals surface area contributed by atoms with Gasteiger partial charge in [0, 0.05) is 24.7 Å². The molecule has 0 aliphatic rings. The summed E-state index contributed by atoms with van der Waals surface area (Å²) in [6, 6.07) is 10.0. The Morgan fingerprint density at radius 3 is 2.73 bits per heavy atom. The number of rotatable bonds is 7. The number of likely N-dealkylation sites (N-methyl/N-ethyl adjacent to an activating group) is 1. The maximum atomic E-state index is 11.9. The fraction of sp³-hybridized carbons (Fsp3) is 0.467. The quantitative estimate of drug-likeness (QED) is 0.818. The minimum atomic E-state index is -0.117. The van der Waals surface area contributed by atoms with Gasteiger partial charge in [0.05, 0.1) is 0 Å². The Labute approximate surface area is 130 Å². The van der Waals surface area contributed by atoms with Gasteiger partial charge in [-0.15, -0.1) is 10.2 Å². The molecule has 1 N–H and O–H groups in total. The Bertz CT molecular complexity index is 595. The van der Waals surface area contributed by atoms with Crippen LogP contribution >= 0.6 is 0 Å². The lowest BCUT2D eigenvalue weighted by atomic mass is 10.2. The Morgan fingerprint density at radius 1 is 1.32 bits per heavy atom. The predicted molar refractivity (Wildman–Crippen MR) is 84.0 cm³/mol. The monoisotopic (exact) mass is 302 g/mol. The van der Waals surface area contributed by atoms with Crippen LogP contribution in [0.25, 0.3) is 11.4 Å². The number of amides is 1. The van der Waals surface area contributed by atoms with Crippen molar-refractivity contribution in [3.8, 4) is 11.4 Å². The second kappa shape index (κ2) is 7.65. The molecule has 7 nitrogen and oxygen atoms in total. The van der Waals surface area contributed by atoms with Crippen molar-refractivity contribution in [3.63, 3.8) is 0 Å². The molecule has 0 bridgehead atoms. The van der Waals surface area contributed by atoms with Gasteiger partial charge in [-0.25, -0.2) is 0 Å². The van der Waals surface area contributed by atoms with E-state index in [9.17, 15) is 4.79 Å². The van der Waals surface area contributed by atoms with E-state index in [1.54, 1.807) is 0 Å². The lowest BCUT2D eigenvalue weighted by Gasteiger charge is -2.20. The van der Waals surface area contributed by atoms with E-state index in [1.165, 1.54) is 4.80 Å². The Hall–Kier alpha value is -2.28. The zero-order valence-corrected chi connectivity index (χ0v) is 13.2. The van der Waals surface area contributed by atoms with Gasteiger partial charge >= 0.3 is 0 Å². The summed E-state index contributed by atoms with van der Waals surface area (Å²) in [6.07, 6.45) is 0. The summed E-state index contributed by atoms with van der Waals surface area (Å²) in [7, 11) is 2.03. The van der Waals surface area contributed by atoms with Gasteiger partial charge in [0.2, 0.25) is 11.7 Å². The number of carbonyl (C=O) groups is 1. The molecule has 0 aliphatic heterocycles. The number of hydrogen-bond donors (Lipinski definition) is 1. The molecular weight excluding hydrogens is 280 g/mol. The highest BCUT2D eigenvalue weighted by molar-refractivity contribution is 5.75.